The maximum Gasteiger partial charge on any atom is 0.315 e. The lowest BCUT2D eigenvalue weighted by Gasteiger charge is -2.43. The van der Waals surface area contributed by atoms with Gasteiger partial charge < -0.3 is 15.7 Å². The van der Waals surface area contributed by atoms with Crippen LogP contribution in [0.15, 0.2) is 0 Å². The molecular weight excluding hydrogens is 278 g/mol. The molecule has 0 aromatic rings. The number of aliphatic hydroxyl groups excluding tert-OH is 1. The third kappa shape index (κ3) is 4.35. The normalized spacial score (nSPS) is 25.9. The van der Waals surface area contributed by atoms with Crippen LogP contribution in [-0.4, -0.2) is 53.4 Å². The summed E-state index contributed by atoms with van der Waals surface area (Å²) in [5.41, 5.74) is -0.429. The van der Waals surface area contributed by atoms with Crippen LogP contribution in [-0.2, 0) is 0 Å². The summed E-state index contributed by atoms with van der Waals surface area (Å²) < 4.78 is 0. The summed E-state index contributed by atoms with van der Waals surface area (Å²) in [5.74, 6) is 0.734. The monoisotopic (exact) mass is 311 g/mol. The molecule has 2 rings (SSSR count). The van der Waals surface area contributed by atoms with Crippen LogP contribution in [0.5, 0.6) is 0 Å². The molecular formula is C17H33N3O2. The van der Waals surface area contributed by atoms with Gasteiger partial charge in [-0.3, -0.25) is 4.90 Å². The van der Waals surface area contributed by atoms with Crippen LogP contribution in [0.3, 0.4) is 0 Å². The predicted molar refractivity (Wildman–Crippen MR) is 88.9 cm³/mol. The summed E-state index contributed by atoms with van der Waals surface area (Å²) in [7, 11) is 0. The number of hydrogen-bond donors (Lipinski definition) is 3. The topological polar surface area (TPSA) is 64.6 Å². The number of carbonyl (C=O) groups is 1. The second-order valence-corrected chi connectivity index (χ2v) is 7.96. The molecule has 1 saturated heterocycles. The van der Waals surface area contributed by atoms with E-state index in [0.29, 0.717) is 6.54 Å². The van der Waals surface area contributed by atoms with Gasteiger partial charge in [-0.2, -0.15) is 0 Å². The van der Waals surface area contributed by atoms with Crippen molar-refractivity contribution in [3.63, 3.8) is 0 Å². The lowest BCUT2D eigenvalue weighted by Crippen LogP contribution is -2.58. The van der Waals surface area contributed by atoms with Gasteiger partial charge in [0, 0.05) is 18.6 Å². The molecule has 2 aliphatic rings. The van der Waals surface area contributed by atoms with Crippen LogP contribution >= 0.6 is 0 Å². The zero-order valence-corrected chi connectivity index (χ0v) is 14.5. The molecule has 3 N–H and O–H groups in total. The largest absolute Gasteiger partial charge is 0.394 e. The number of nitrogens with zero attached hydrogens (tertiary/aromatic N) is 1. The highest BCUT2D eigenvalue weighted by atomic mass is 16.3. The summed E-state index contributed by atoms with van der Waals surface area (Å²) in [6, 6.07) is -0.144. The first-order valence-corrected chi connectivity index (χ1v) is 8.79. The Morgan fingerprint density at radius 1 is 1.32 bits per heavy atom. The Labute approximate surface area is 134 Å². The van der Waals surface area contributed by atoms with E-state index >= 15 is 0 Å². The number of rotatable bonds is 5. The van der Waals surface area contributed by atoms with Gasteiger partial charge in [0.1, 0.15) is 0 Å². The van der Waals surface area contributed by atoms with E-state index in [2.05, 4.69) is 36.3 Å². The molecule has 1 aliphatic carbocycles. The van der Waals surface area contributed by atoms with Crippen LogP contribution < -0.4 is 10.6 Å². The predicted octanol–water partition coefficient (Wildman–Crippen LogP) is 2.10. The van der Waals surface area contributed by atoms with E-state index in [0.717, 1.165) is 44.7 Å². The van der Waals surface area contributed by atoms with Crippen molar-refractivity contribution in [1.29, 1.82) is 0 Å². The highest BCUT2D eigenvalue weighted by Crippen LogP contribution is 2.29. The van der Waals surface area contributed by atoms with E-state index in [1.807, 2.05) is 0 Å². The molecule has 1 aliphatic heterocycles. The van der Waals surface area contributed by atoms with Crippen LogP contribution in [0.4, 0.5) is 4.79 Å². The molecule has 1 unspecified atom stereocenters. The minimum atomic E-state index is -0.395. The first kappa shape index (κ1) is 17.5. The molecule has 2 fully saturated rings. The summed E-state index contributed by atoms with van der Waals surface area (Å²) in [6.45, 7) is 9.58. The van der Waals surface area contributed by atoms with Gasteiger partial charge in [0.25, 0.3) is 0 Å². The Morgan fingerprint density at radius 3 is 2.59 bits per heavy atom. The van der Waals surface area contributed by atoms with Gasteiger partial charge in [-0.25, -0.2) is 4.79 Å². The number of nitrogens with one attached hydrogen (secondary N) is 2. The molecule has 1 heterocycles. The first-order valence-electron chi connectivity index (χ1n) is 8.79. The Kier molecular flexibility index (Phi) is 5.72. The summed E-state index contributed by atoms with van der Waals surface area (Å²) in [5, 5.41) is 15.6. The molecule has 5 nitrogen and oxygen atoms in total. The lowest BCUT2D eigenvalue weighted by atomic mass is 9.93. The standard InChI is InChI=1S/C17H33N3O2/c1-14-7-6-10-20(11-14)16(2,3)12-18-15(22)19-17(13-21)8-4-5-9-17/h14,21H,4-13H2,1-3H3,(H2,18,19,22). The van der Waals surface area contributed by atoms with E-state index in [-0.39, 0.29) is 18.2 Å². The molecule has 0 spiro atoms. The second-order valence-electron chi connectivity index (χ2n) is 7.96. The molecule has 22 heavy (non-hydrogen) atoms. The van der Waals surface area contributed by atoms with Crippen LogP contribution in [0.25, 0.3) is 0 Å². The van der Waals surface area contributed by atoms with Crippen molar-refractivity contribution in [2.75, 3.05) is 26.2 Å². The van der Waals surface area contributed by atoms with E-state index in [1.54, 1.807) is 0 Å². The van der Waals surface area contributed by atoms with Crippen molar-refractivity contribution in [3.8, 4) is 0 Å². The molecule has 1 saturated carbocycles. The van der Waals surface area contributed by atoms with E-state index in [4.69, 9.17) is 0 Å². The first-order chi connectivity index (χ1) is 10.4. The number of urea groups is 1. The van der Waals surface area contributed by atoms with Gasteiger partial charge in [-0.15, -0.1) is 0 Å². The second kappa shape index (κ2) is 7.18. The third-order valence-corrected chi connectivity index (χ3v) is 5.44. The number of amides is 2. The van der Waals surface area contributed by atoms with Gasteiger partial charge in [0.05, 0.1) is 12.1 Å². The molecule has 0 aromatic heterocycles. The molecule has 0 bridgehead atoms. The van der Waals surface area contributed by atoms with Crippen molar-refractivity contribution < 1.29 is 9.90 Å². The van der Waals surface area contributed by atoms with Crippen molar-refractivity contribution in [2.24, 2.45) is 5.92 Å². The fourth-order valence-corrected chi connectivity index (χ4v) is 3.81. The van der Waals surface area contributed by atoms with Crippen molar-refractivity contribution in [2.45, 2.75) is 70.4 Å². The molecule has 5 heteroatoms. The average molecular weight is 311 g/mol. The molecule has 0 radical (unpaired) electrons. The van der Waals surface area contributed by atoms with Crippen molar-refractivity contribution >= 4 is 6.03 Å². The Balaban J connectivity index is 1.81. The number of likely N-dealkylation sites (tertiary alicyclic amines) is 1. The maximum absolute atomic E-state index is 12.2. The summed E-state index contributed by atoms with van der Waals surface area (Å²) in [4.78, 5) is 14.7. The van der Waals surface area contributed by atoms with Crippen molar-refractivity contribution in [3.05, 3.63) is 0 Å². The van der Waals surface area contributed by atoms with E-state index in [1.165, 1.54) is 12.8 Å². The highest BCUT2D eigenvalue weighted by molar-refractivity contribution is 5.75. The number of hydrogen-bond acceptors (Lipinski definition) is 3. The van der Waals surface area contributed by atoms with Gasteiger partial charge in [-0.1, -0.05) is 19.8 Å². The number of aliphatic hydroxyl groups is 1. The molecule has 128 valence electrons. The van der Waals surface area contributed by atoms with Gasteiger partial charge in [0.2, 0.25) is 0 Å². The van der Waals surface area contributed by atoms with E-state index in [9.17, 15) is 9.90 Å². The minimum absolute atomic E-state index is 0.0337. The Bertz CT molecular complexity index is 378. The third-order valence-electron chi connectivity index (χ3n) is 5.44. The zero-order chi connectivity index (χ0) is 16.2. The minimum Gasteiger partial charge on any atom is -0.394 e. The van der Waals surface area contributed by atoms with Gasteiger partial charge in [0.15, 0.2) is 0 Å². The zero-order valence-electron chi connectivity index (χ0n) is 14.5. The quantitative estimate of drug-likeness (QED) is 0.728. The van der Waals surface area contributed by atoms with Gasteiger partial charge in [-0.05, 0) is 52.0 Å². The SMILES string of the molecule is CC1CCCN(C(C)(C)CNC(=O)NC2(CO)CCCC2)C1. The molecule has 0 aromatic carbocycles. The Hall–Kier alpha value is -0.810. The summed E-state index contributed by atoms with van der Waals surface area (Å²) >= 11 is 0. The van der Waals surface area contributed by atoms with Crippen LogP contribution in [0, 0.1) is 5.92 Å². The summed E-state index contributed by atoms with van der Waals surface area (Å²) in [6.07, 6.45) is 6.47. The van der Waals surface area contributed by atoms with Crippen LogP contribution in [0.2, 0.25) is 0 Å². The highest BCUT2D eigenvalue weighted by Gasteiger charge is 2.35. The maximum atomic E-state index is 12.2. The smallest absolute Gasteiger partial charge is 0.315 e. The number of carbonyl (C=O) groups excluding carboxylic acids is 1. The van der Waals surface area contributed by atoms with E-state index < -0.39 is 5.54 Å². The number of piperidine rings is 1. The fourth-order valence-electron chi connectivity index (χ4n) is 3.81. The average Bonchev–Trinajstić information content (AvgIpc) is 2.94. The van der Waals surface area contributed by atoms with Crippen molar-refractivity contribution in [1.82, 2.24) is 15.5 Å². The lowest BCUT2D eigenvalue weighted by molar-refractivity contribution is 0.0717. The molecule has 2 amide bonds. The van der Waals surface area contributed by atoms with Crippen LogP contribution in [0.1, 0.15) is 59.3 Å². The Morgan fingerprint density at radius 2 is 2.00 bits per heavy atom. The molecule has 1 atom stereocenters. The fraction of sp³-hybridized carbons (Fsp3) is 0.941. The van der Waals surface area contributed by atoms with Gasteiger partial charge >= 0.3 is 6.03 Å².